The molecule has 19 heavy (non-hydrogen) atoms. The summed E-state index contributed by atoms with van der Waals surface area (Å²) in [6, 6.07) is 0.908. The van der Waals surface area contributed by atoms with Crippen LogP contribution in [0.25, 0.3) is 0 Å². The van der Waals surface area contributed by atoms with E-state index in [1.54, 1.807) is 6.08 Å². The Morgan fingerprint density at radius 1 is 1.37 bits per heavy atom. The second-order valence-electron chi connectivity index (χ2n) is 5.15. The van der Waals surface area contributed by atoms with Crippen LogP contribution in [0.2, 0.25) is 0 Å². The fourth-order valence-electron chi connectivity index (χ4n) is 3.01. The number of carbonyl (C=O) groups is 1. The molecule has 110 valence electrons. The molecule has 2 aliphatic rings. The Morgan fingerprint density at radius 3 is 2.95 bits per heavy atom. The minimum Gasteiger partial charge on any atom is -0.377 e. The van der Waals surface area contributed by atoms with Gasteiger partial charge in [-0.15, -0.1) is 19.0 Å². The average Bonchev–Trinajstić information content (AvgIpc) is 2.62. The van der Waals surface area contributed by atoms with E-state index in [0.717, 1.165) is 32.4 Å². The molecule has 4 nitrogen and oxygen atoms in total. The van der Waals surface area contributed by atoms with Crippen molar-refractivity contribution in [3.8, 4) is 0 Å². The summed E-state index contributed by atoms with van der Waals surface area (Å²) in [5, 5.41) is 3.42. The summed E-state index contributed by atoms with van der Waals surface area (Å²) in [4.78, 5) is 14.4. The topological polar surface area (TPSA) is 41.6 Å². The summed E-state index contributed by atoms with van der Waals surface area (Å²) < 4.78 is 5.31. The first-order valence-corrected chi connectivity index (χ1v) is 7.03. The molecular weight excluding hydrogens is 264 g/mol. The number of rotatable bonds is 6. The van der Waals surface area contributed by atoms with Gasteiger partial charge in [-0.2, -0.15) is 0 Å². The fourth-order valence-corrected chi connectivity index (χ4v) is 3.01. The third-order valence-electron chi connectivity index (χ3n) is 3.86. The quantitative estimate of drug-likeness (QED) is 0.598. The van der Waals surface area contributed by atoms with Gasteiger partial charge in [0.15, 0.2) is 0 Å². The summed E-state index contributed by atoms with van der Waals surface area (Å²) in [5.74, 6) is 0.313. The van der Waals surface area contributed by atoms with Gasteiger partial charge in [-0.25, -0.2) is 0 Å². The van der Waals surface area contributed by atoms with E-state index in [0.29, 0.717) is 37.6 Å². The molecule has 2 saturated heterocycles. The number of hydrogen-bond donors (Lipinski definition) is 1. The first-order chi connectivity index (χ1) is 8.83. The Kier molecular flexibility index (Phi) is 7.42. The molecule has 0 saturated carbocycles. The Hall–Kier alpha value is -0.580. The summed E-state index contributed by atoms with van der Waals surface area (Å²) in [5.41, 5.74) is 0. The van der Waals surface area contributed by atoms with Crippen LogP contribution in [0.1, 0.15) is 32.1 Å². The number of hydrogen-bond acceptors (Lipinski definition) is 3. The standard InChI is InChI=1S/C14H24N2O2.ClH/c1-2-9-18-10-3-4-14(17)16-12-5-6-13(16)11-15-8-7-12;/h2,12-13,15H,1,3-11H2;1H. The highest BCUT2D eigenvalue weighted by Gasteiger charge is 2.37. The zero-order valence-electron chi connectivity index (χ0n) is 11.5. The highest BCUT2D eigenvalue weighted by Crippen LogP contribution is 2.28. The van der Waals surface area contributed by atoms with Crippen molar-refractivity contribution in [2.45, 2.75) is 44.2 Å². The van der Waals surface area contributed by atoms with E-state index in [1.165, 1.54) is 6.42 Å². The third kappa shape index (κ3) is 4.48. The molecule has 1 amide bonds. The predicted molar refractivity (Wildman–Crippen MR) is 78.6 cm³/mol. The molecule has 0 aromatic carbocycles. The Morgan fingerprint density at radius 2 is 2.16 bits per heavy atom. The molecule has 0 spiro atoms. The number of amides is 1. The van der Waals surface area contributed by atoms with Crippen molar-refractivity contribution in [3.05, 3.63) is 12.7 Å². The first-order valence-electron chi connectivity index (χ1n) is 7.03. The van der Waals surface area contributed by atoms with Gasteiger partial charge >= 0.3 is 0 Å². The molecule has 2 rings (SSSR count). The van der Waals surface area contributed by atoms with Crippen LogP contribution in [-0.4, -0.2) is 49.2 Å². The van der Waals surface area contributed by atoms with E-state index in [4.69, 9.17) is 4.74 Å². The lowest BCUT2D eigenvalue weighted by Crippen LogP contribution is -2.42. The van der Waals surface area contributed by atoms with Gasteiger partial charge in [0.1, 0.15) is 0 Å². The van der Waals surface area contributed by atoms with Crippen LogP contribution in [0.3, 0.4) is 0 Å². The normalized spacial score (nSPS) is 25.6. The molecule has 0 radical (unpaired) electrons. The van der Waals surface area contributed by atoms with Gasteiger partial charge < -0.3 is 15.0 Å². The molecular formula is C14H25ClN2O2. The van der Waals surface area contributed by atoms with Gasteiger partial charge in [0.25, 0.3) is 0 Å². The van der Waals surface area contributed by atoms with Crippen molar-refractivity contribution >= 4 is 18.3 Å². The smallest absolute Gasteiger partial charge is 0.223 e. The van der Waals surface area contributed by atoms with Crippen molar-refractivity contribution in [1.82, 2.24) is 10.2 Å². The van der Waals surface area contributed by atoms with Crippen LogP contribution < -0.4 is 5.32 Å². The van der Waals surface area contributed by atoms with E-state index in [1.807, 2.05) is 0 Å². The number of halogens is 1. The molecule has 2 bridgehead atoms. The molecule has 0 aromatic heterocycles. The number of fused-ring (bicyclic) bond motifs is 2. The Bertz CT molecular complexity index is 285. The van der Waals surface area contributed by atoms with E-state index in [9.17, 15) is 4.79 Å². The minimum atomic E-state index is 0. The fraction of sp³-hybridized carbons (Fsp3) is 0.786. The monoisotopic (exact) mass is 288 g/mol. The van der Waals surface area contributed by atoms with Gasteiger partial charge in [-0.3, -0.25) is 4.79 Å². The highest BCUT2D eigenvalue weighted by molar-refractivity contribution is 5.85. The van der Waals surface area contributed by atoms with Gasteiger partial charge in [-0.1, -0.05) is 6.08 Å². The maximum atomic E-state index is 12.3. The second kappa shape index (κ2) is 8.56. The SMILES string of the molecule is C=CCOCCCC(=O)N1C2CCNCC1CC2.Cl. The van der Waals surface area contributed by atoms with Crippen molar-refractivity contribution in [1.29, 1.82) is 0 Å². The van der Waals surface area contributed by atoms with E-state index in [-0.39, 0.29) is 12.4 Å². The summed E-state index contributed by atoms with van der Waals surface area (Å²) >= 11 is 0. The molecule has 0 aromatic rings. The second-order valence-corrected chi connectivity index (χ2v) is 5.15. The number of nitrogens with one attached hydrogen (secondary N) is 1. The number of nitrogens with zero attached hydrogens (tertiary/aromatic N) is 1. The van der Waals surface area contributed by atoms with Crippen LogP contribution in [-0.2, 0) is 9.53 Å². The van der Waals surface area contributed by atoms with Crippen LogP contribution in [0.4, 0.5) is 0 Å². The highest BCUT2D eigenvalue weighted by atomic mass is 35.5. The van der Waals surface area contributed by atoms with Crippen LogP contribution >= 0.6 is 12.4 Å². The molecule has 2 unspecified atom stereocenters. The van der Waals surface area contributed by atoms with Crippen LogP contribution in [0, 0.1) is 0 Å². The van der Waals surface area contributed by atoms with Crippen LogP contribution in [0.5, 0.6) is 0 Å². The zero-order valence-corrected chi connectivity index (χ0v) is 12.3. The maximum Gasteiger partial charge on any atom is 0.223 e. The first kappa shape index (κ1) is 16.5. The van der Waals surface area contributed by atoms with Gasteiger partial charge in [0.2, 0.25) is 5.91 Å². The Balaban J connectivity index is 0.00000180. The van der Waals surface area contributed by atoms with E-state index < -0.39 is 0 Å². The third-order valence-corrected chi connectivity index (χ3v) is 3.86. The van der Waals surface area contributed by atoms with Crippen LogP contribution in [0.15, 0.2) is 12.7 Å². The number of ether oxygens (including phenoxy) is 1. The van der Waals surface area contributed by atoms with Crippen molar-refractivity contribution in [2.75, 3.05) is 26.3 Å². The minimum absolute atomic E-state index is 0. The number of carbonyl (C=O) groups excluding carboxylic acids is 1. The maximum absolute atomic E-state index is 12.3. The lowest BCUT2D eigenvalue weighted by atomic mass is 10.1. The zero-order chi connectivity index (χ0) is 12.8. The largest absolute Gasteiger partial charge is 0.377 e. The molecule has 1 N–H and O–H groups in total. The molecule has 0 aliphatic carbocycles. The molecule has 2 fully saturated rings. The summed E-state index contributed by atoms with van der Waals surface area (Å²) in [6.45, 7) is 6.84. The van der Waals surface area contributed by atoms with E-state index >= 15 is 0 Å². The van der Waals surface area contributed by atoms with Crippen molar-refractivity contribution in [2.24, 2.45) is 0 Å². The lowest BCUT2D eigenvalue weighted by Gasteiger charge is -2.28. The van der Waals surface area contributed by atoms with Gasteiger partial charge in [-0.05, 0) is 32.2 Å². The van der Waals surface area contributed by atoms with Crippen molar-refractivity contribution in [3.63, 3.8) is 0 Å². The van der Waals surface area contributed by atoms with Gasteiger partial charge in [0.05, 0.1) is 6.61 Å². The van der Waals surface area contributed by atoms with E-state index in [2.05, 4.69) is 16.8 Å². The predicted octanol–water partition coefficient (Wildman–Crippen LogP) is 1.74. The lowest BCUT2D eigenvalue weighted by molar-refractivity contribution is -0.134. The Labute approximate surface area is 122 Å². The molecule has 2 aliphatic heterocycles. The molecule has 2 heterocycles. The molecule has 5 heteroatoms. The summed E-state index contributed by atoms with van der Waals surface area (Å²) in [7, 11) is 0. The molecule has 2 atom stereocenters. The summed E-state index contributed by atoms with van der Waals surface area (Å²) in [6.07, 6.45) is 6.62. The average molecular weight is 289 g/mol. The van der Waals surface area contributed by atoms with Gasteiger partial charge in [0, 0.05) is 31.7 Å². The van der Waals surface area contributed by atoms with Crippen molar-refractivity contribution < 1.29 is 9.53 Å².